The second-order valence-electron chi connectivity index (χ2n) is 4.70. The molecule has 0 spiro atoms. The van der Waals surface area contributed by atoms with Gasteiger partial charge in [0.15, 0.2) is 0 Å². The Hall–Kier alpha value is -0.580. The molecule has 0 saturated carbocycles. The molecule has 2 rings (SSSR count). The number of rotatable bonds is 3. The van der Waals surface area contributed by atoms with E-state index in [0.717, 1.165) is 29.7 Å². The molecule has 4 heteroatoms. The SMILES string of the molecule is CC1OCCC1N(C)Cc1ccc(N)c(Br)c1. The van der Waals surface area contributed by atoms with Crippen LogP contribution in [-0.2, 0) is 11.3 Å². The molecular formula is C13H19BrN2O. The number of halogens is 1. The zero-order valence-electron chi connectivity index (χ0n) is 10.3. The van der Waals surface area contributed by atoms with Crippen molar-refractivity contribution in [3.8, 4) is 0 Å². The molecule has 17 heavy (non-hydrogen) atoms. The van der Waals surface area contributed by atoms with Crippen LogP contribution in [0.3, 0.4) is 0 Å². The molecule has 1 heterocycles. The molecule has 3 nitrogen and oxygen atoms in total. The molecule has 0 aromatic heterocycles. The average molecular weight is 299 g/mol. The summed E-state index contributed by atoms with van der Waals surface area (Å²) in [5.41, 5.74) is 7.84. The van der Waals surface area contributed by atoms with E-state index in [4.69, 9.17) is 10.5 Å². The van der Waals surface area contributed by atoms with E-state index in [-0.39, 0.29) is 0 Å². The van der Waals surface area contributed by atoms with Crippen molar-refractivity contribution in [1.29, 1.82) is 0 Å². The van der Waals surface area contributed by atoms with Gasteiger partial charge in [-0.3, -0.25) is 4.90 Å². The fourth-order valence-electron chi connectivity index (χ4n) is 2.37. The van der Waals surface area contributed by atoms with Crippen LogP contribution in [0.2, 0.25) is 0 Å². The Morgan fingerprint density at radius 1 is 1.53 bits per heavy atom. The highest BCUT2D eigenvalue weighted by Crippen LogP contribution is 2.23. The van der Waals surface area contributed by atoms with Crippen molar-refractivity contribution in [3.63, 3.8) is 0 Å². The van der Waals surface area contributed by atoms with Crippen molar-refractivity contribution >= 4 is 21.6 Å². The molecular weight excluding hydrogens is 280 g/mol. The first kappa shape index (κ1) is 12.9. The Morgan fingerprint density at radius 3 is 2.88 bits per heavy atom. The van der Waals surface area contributed by atoms with Crippen molar-refractivity contribution in [2.24, 2.45) is 0 Å². The number of anilines is 1. The summed E-state index contributed by atoms with van der Waals surface area (Å²) in [6.07, 6.45) is 1.45. The van der Waals surface area contributed by atoms with Gasteiger partial charge in [-0.05, 0) is 54.0 Å². The van der Waals surface area contributed by atoms with E-state index >= 15 is 0 Å². The zero-order valence-corrected chi connectivity index (χ0v) is 11.9. The molecule has 2 N–H and O–H groups in total. The van der Waals surface area contributed by atoms with Crippen molar-refractivity contribution in [2.45, 2.75) is 32.0 Å². The van der Waals surface area contributed by atoms with Gasteiger partial charge >= 0.3 is 0 Å². The quantitative estimate of drug-likeness (QED) is 0.872. The van der Waals surface area contributed by atoms with E-state index in [1.54, 1.807) is 0 Å². The number of nitrogens with zero attached hydrogens (tertiary/aromatic N) is 1. The summed E-state index contributed by atoms with van der Waals surface area (Å²) in [6.45, 7) is 3.95. The molecule has 0 bridgehead atoms. The number of ether oxygens (including phenoxy) is 1. The summed E-state index contributed by atoms with van der Waals surface area (Å²) < 4.78 is 6.57. The summed E-state index contributed by atoms with van der Waals surface area (Å²) in [7, 11) is 2.15. The minimum absolute atomic E-state index is 0.331. The molecule has 1 aromatic rings. The molecule has 1 aliphatic rings. The summed E-state index contributed by atoms with van der Waals surface area (Å²) in [5, 5.41) is 0. The molecule has 1 aromatic carbocycles. The van der Waals surface area contributed by atoms with Crippen molar-refractivity contribution < 1.29 is 4.74 Å². The largest absolute Gasteiger partial charge is 0.398 e. The van der Waals surface area contributed by atoms with Crippen LogP contribution in [0.1, 0.15) is 18.9 Å². The summed E-state index contributed by atoms with van der Waals surface area (Å²) in [4.78, 5) is 2.36. The number of hydrogen-bond acceptors (Lipinski definition) is 3. The first-order valence-electron chi connectivity index (χ1n) is 5.93. The van der Waals surface area contributed by atoms with Gasteiger partial charge in [0.1, 0.15) is 0 Å². The first-order chi connectivity index (χ1) is 8.08. The lowest BCUT2D eigenvalue weighted by molar-refractivity contribution is 0.0814. The predicted octanol–water partition coefficient (Wildman–Crippen LogP) is 2.64. The summed E-state index contributed by atoms with van der Waals surface area (Å²) in [6, 6.07) is 6.64. The third-order valence-electron chi connectivity index (χ3n) is 3.40. The smallest absolute Gasteiger partial charge is 0.0703 e. The van der Waals surface area contributed by atoms with Crippen LogP contribution in [0.15, 0.2) is 22.7 Å². The van der Waals surface area contributed by atoms with Crippen molar-refractivity contribution in [3.05, 3.63) is 28.2 Å². The zero-order chi connectivity index (χ0) is 12.4. The highest BCUT2D eigenvalue weighted by atomic mass is 79.9. The number of likely N-dealkylation sites (N-methyl/N-ethyl adjacent to an activating group) is 1. The van der Waals surface area contributed by atoms with E-state index in [2.05, 4.69) is 46.9 Å². The highest BCUT2D eigenvalue weighted by molar-refractivity contribution is 9.10. The van der Waals surface area contributed by atoms with Crippen LogP contribution in [-0.4, -0.2) is 30.7 Å². The molecule has 1 saturated heterocycles. The third-order valence-corrected chi connectivity index (χ3v) is 4.09. The van der Waals surface area contributed by atoms with Crippen molar-refractivity contribution in [2.75, 3.05) is 19.4 Å². The van der Waals surface area contributed by atoms with E-state index in [0.29, 0.717) is 12.1 Å². The van der Waals surface area contributed by atoms with Gasteiger partial charge in [-0.15, -0.1) is 0 Å². The molecule has 1 aliphatic heterocycles. The summed E-state index contributed by atoms with van der Waals surface area (Å²) >= 11 is 3.46. The first-order valence-corrected chi connectivity index (χ1v) is 6.73. The van der Waals surface area contributed by atoms with Gasteiger partial charge in [0.25, 0.3) is 0 Å². The number of hydrogen-bond donors (Lipinski definition) is 1. The Labute approximate surface area is 111 Å². The molecule has 94 valence electrons. The number of benzene rings is 1. The minimum Gasteiger partial charge on any atom is -0.398 e. The maximum atomic E-state index is 5.78. The lowest BCUT2D eigenvalue weighted by Crippen LogP contribution is -2.36. The van der Waals surface area contributed by atoms with Gasteiger partial charge in [0.2, 0.25) is 0 Å². The van der Waals surface area contributed by atoms with Gasteiger partial charge < -0.3 is 10.5 Å². The number of nitrogen functional groups attached to an aromatic ring is 1. The minimum atomic E-state index is 0.331. The summed E-state index contributed by atoms with van der Waals surface area (Å²) in [5.74, 6) is 0. The Kier molecular flexibility index (Phi) is 4.07. The maximum Gasteiger partial charge on any atom is 0.0703 e. The van der Waals surface area contributed by atoms with Crippen LogP contribution in [0, 0.1) is 0 Å². The monoisotopic (exact) mass is 298 g/mol. The Morgan fingerprint density at radius 2 is 2.29 bits per heavy atom. The second kappa shape index (κ2) is 5.38. The fraction of sp³-hybridized carbons (Fsp3) is 0.538. The molecule has 2 unspecified atom stereocenters. The van der Waals surface area contributed by atoms with Gasteiger partial charge in [0, 0.05) is 29.4 Å². The maximum absolute atomic E-state index is 5.78. The van der Waals surface area contributed by atoms with Crippen LogP contribution in [0.25, 0.3) is 0 Å². The lowest BCUT2D eigenvalue weighted by Gasteiger charge is -2.26. The lowest BCUT2D eigenvalue weighted by atomic mass is 10.1. The molecule has 0 aliphatic carbocycles. The van der Waals surface area contributed by atoms with Crippen LogP contribution in [0.5, 0.6) is 0 Å². The normalized spacial score (nSPS) is 24.5. The van der Waals surface area contributed by atoms with Crippen LogP contribution in [0.4, 0.5) is 5.69 Å². The highest BCUT2D eigenvalue weighted by Gasteiger charge is 2.27. The molecule has 1 fully saturated rings. The van der Waals surface area contributed by atoms with E-state index < -0.39 is 0 Å². The topological polar surface area (TPSA) is 38.5 Å². The standard InChI is InChI=1S/C13H19BrN2O/c1-9-13(5-6-17-9)16(2)8-10-3-4-12(15)11(14)7-10/h3-4,7,9,13H,5-6,8,15H2,1-2H3. The van der Waals surface area contributed by atoms with Crippen LogP contribution >= 0.6 is 15.9 Å². The van der Waals surface area contributed by atoms with Gasteiger partial charge in [-0.25, -0.2) is 0 Å². The Balaban J connectivity index is 2.02. The second-order valence-corrected chi connectivity index (χ2v) is 5.56. The van der Waals surface area contributed by atoms with Gasteiger partial charge in [0.05, 0.1) is 6.10 Å². The predicted molar refractivity (Wildman–Crippen MR) is 73.8 cm³/mol. The van der Waals surface area contributed by atoms with E-state index in [1.807, 2.05) is 6.07 Å². The third kappa shape index (κ3) is 3.00. The van der Waals surface area contributed by atoms with Crippen molar-refractivity contribution in [1.82, 2.24) is 4.90 Å². The number of nitrogens with two attached hydrogens (primary N) is 1. The van der Waals surface area contributed by atoms with Gasteiger partial charge in [-0.1, -0.05) is 6.07 Å². The molecule has 0 radical (unpaired) electrons. The molecule has 2 atom stereocenters. The van der Waals surface area contributed by atoms with E-state index in [9.17, 15) is 0 Å². The average Bonchev–Trinajstić information content (AvgIpc) is 2.70. The Bertz CT molecular complexity index is 397. The molecule has 0 amide bonds. The van der Waals surface area contributed by atoms with E-state index in [1.165, 1.54) is 5.56 Å². The van der Waals surface area contributed by atoms with Gasteiger partial charge in [-0.2, -0.15) is 0 Å². The fourth-order valence-corrected chi connectivity index (χ4v) is 2.80. The van der Waals surface area contributed by atoms with Crippen LogP contribution < -0.4 is 5.73 Å².